The summed E-state index contributed by atoms with van der Waals surface area (Å²) in [6.45, 7) is 4.13. The van der Waals surface area contributed by atoms with Crippen LogP contribution in [0.2, 0.25) is 0 Å². The van der Waals surface area contributed by atoms with Crippen LogP contribution in [0.25, 0.3) is 0 Å². The molecule has 1 heterocycles. The quantitative estimate of drug-likeness (QED) is 0.721. The smallest absolute Gasteiger partial charge is 0.138 e. The molecule has 0 saturated carbocycles. The first-order valence-electron chi connectivity index (χ1n) is 4.20. The Morgan fingerprint density at radius 1 is 1.58 bits per heavy atom. The van der Waals surface area contributed by atoms with Gasteiger partial charge in [0, 0.05) is 19.0 Å². The van der Waals surface area contributed by atoms with Gasteiger partial charge in [-0.3, -0.25) is 4.68 Å². The molecule has 0 fully saturated rings. The van der Waals surface area contributed by atoms with Gasteiger partial charge in [-0.1, -0.05) is 6.92 Å². The van der Waals surface area contributed by atoms with Gasteiger partial charge in [0.15, 0.2) is 0 Å². The minimum absolute atomic E-state index is 0.219. The van der Waals surface area contributed by atoms with Gasteiger partial charge in [0.25, 0.3) is 0 Å². The Morgan fingerprint density at radius 3 is 2.67 bits per heavy atom. The van der Waals surface area contributed by atoms with Gasteiger partial charge in [0.05, 0.1) is 0 Å². The summed E-state index contributed by atoms with van der Waals surface area (Å²) in [5.41, 5.74) is 5.69. The lowest BCUT2D eigenvalue weighted by Crippen LogP contribution is -2.19. The molecule has 0 aliphatic rings. The van der Waals surface area contributed by atoms with Gasteiger partial charge in [-0.25, -0.2) is 4.98 Å². The summed E-state index contributed by atoms with van der Waals surface area (Å²) in [7, 11) is 1.90. The number of nitrogens with zero attached hydrogens (tertiary/aromatic N) is 3. The standard InChI is InChI=1S/C8H16N4/c1-6(4-7(2)9)8-10-5-11-12(8)3/h5-7H,4,9H2,1-3H3. The Kier molecular flexibility index (Phi) is 2.81. The molecule has 0 amide bonds. The highest BCUT2D eigenvalue weighted by atomic mass is 15.3. The third-order valence-electron chi connectivity index (χ3n) is 1.91. The lowest BCUT2D eigenvalue weighted by Gasteiger charge is -2.12. The molecule has 4 heteroatoms. The van der Waals surface area contributed by atoms with Gasteiger partial charge < -0.3 is 5.73 Å². The van der Waals surface area contributed by atoms with Crippen molar-refractivity contribution in [3.05, 3.63) is 12.2 Å². The molecule has 4 nitrogen and oxygen atoms in total. The van der Waals surface area contributed by atoms with E-state index in [9.17, 15) is 0 Å². The van der Waals surface area contributed by atoms with E-state index in [2.05, 4.69) is 17.0 Å². The van der Waals surface area contributed by atoms with E-state index in [4.69, 9.17) is 5.73 Å². The van der Waals surface area contributed by atoms with Crippen LogP contribution in [-0.2, 0) is 7.05 Å². The minimum Gasteiger partial charge on any atom is -0.328 e. The van der Waals surface area contributed by atoms with E-state index in [1.807, 2.05) is 14.0 Å². The van der Waals surface area contributed by atoms with Gasteiger partial charge in [-0.05, 0) is 13.3 Å². The predicted molar refractivity (Wildman–Crippen MR) is 47.7 cm³/mol. The number of hydrogen-bond acceptors (Lipinski definition) is 3. The maximum absolute atomic E-state index is 5.69. The minimum atomic E-state index is 0.219. The van der Waals surface area contributed by atoms with Crippen LogP contribution in [0, 0.1) is 0 Å². The molecule has 0 spiro atoms. The van der Waals surface area contributed by atoms with Crippen LogP contribution in [0.5, 0.6) is 0 Å². The molecule has 68 valence electrons. The molecule has 12 heavy (non-hydrogen) atoms. The van der Waals surface area contributed by atoms with Crippen LogP contribution in [0.1, 0.15) is 32.0 Å². The molecule has 1 rings (SSSR count). The lowest BCUT2D eigenvalue weighted by molar-refractivity contribution is 0.536. The van der Waals surface area contributed by atoms with Crippen molar-refractivity contribution in [1.29, 1.82) is 0 Å². The van der Waals surface area contributed by atoms with E-state index in [-0.39, 0.29) is 6.04 Å². The number of aromatic nitrogens is 3. The highest BCUT2D eigenvalue weighted by Gasteiger charge is 2.12. The monoisotopic (exact) mass is 168 g/mol. The molecule has 0 saturated heterocycles. The Balaban J connectivity index is 2.65. The largest absolute Gasteiger partial charge is 0.328 e. The van der Waals surface area contributed by atoms with Crippen molar-refractivity contribution in [2.45, 2.75) is 32.2 Å². The zero-order valence-corrected chi connectivity index (χ0v) is 7.86. The normalized spacial score (nSPS) is 16.0. The fraction of sp³-hybridized carbons (Fsp3) is 0.750. The van der Waals surface area contributed by atoms with Crippen molar-refractivity contribution in [3.63, 3.8) is 0 Å². The first kappa shape index (κ1) is 9.19. The first-order chi connectivity index (χ1) is 5.61. The van der Waals surface area contributed by atoms with E-state index in [0.29, 0.717) is 5.92 Å². The lowest BCUT2D eigenvalue weighted by atomic mass is 10.0. The molecule has 0 bridgehead atoms. The molecule has 2 unspecified atom stereocenters. The Morgan fingerprint density at radius 2 is 2.25 bits per heavy atom. The second kappa shape index (κ2) is 3.67. The van der Waals surface area contributed by atoms with Gasteiger partial charge in [-0.15, -0.1) is 0 Å². The molecule has 0 aromatic carbocycles. The number of aryl methyl sites for hydroxylation is 1. The highest BCUT2D eigenvalue weighted by Crippen LogP contribution is 2.16. The SMILES string of the molecule is CC(N)CC(C)c1ncnn1C. The van der Waals surface area contributed by atoms with Crippen LogP contribution >= 0.6 is 0 Å². The molecule has 2 N–H and O–H groups in total. The second-order valence-corrected chi connectivity index (χ2v) is 3.36. The molecule has 2 atom stereocenters. The third-order valence-corrected chi connectivity index (χ3v) is 1.91. The summed E-state index contributed by atoms with van der Waals surface area (Å²) < 4.78 is 1.80. The fourth-order valence-electron chi connectivity index (χ4n) is 1.41. The van der Waals surface area contributed by atoms with Crippen molar-refractivity contribution in [2.75, 3.05) is 0 Å². The van der Waals surface area contributed by atoms with Gasteiger partial charge in [0.1, 0.15) is 12.2 Å². The number of rotatable bonds is 3. The summed E-state index contributed by atoms with van der Waals surface area (Å²) >= 11 is 0. The topological polar surface area (TPSA) is 56.7 Å². The fourth-order valence-corrected chi connectivity index (χ4v) is 1.41. The zero-order valence-electron chi connectivity index (χ0n) is 7.86. The van der Waals surface area contributed by atoms with Crippen LogP contribution in [0.3, 0.4) is 0 Å². The average Bonchev–Trinajstić information content (AvgIpc) is 2.33. The molecular formula is C8H16N4. The highest BCUT2D eigenvalue weighted by molar-refractivity contribution is 4.93. The molecule has 1 aromatic heterocycles. The van der Waals surface area contributed by atoms with E-state index in [1.165, 1.54) is 0 Å². The van der Waals surface area contributed by atoms with Crippen molar-refractivity contribution in [2.24, 2.45) is 12.8 Å². The first-order valence-corrected chi connectivity index (χ1v) is 4.20. The molecule has 1 aromatic rings. The molecule has 0 aliphatic carbocycles. The summed E-state index contributed by atoms with van der Waals surface area (Å²) in [6, 6.07) is 0.219. The van der Waals surface area contributed by atoms with Gasteiger partial charge in [-0.2, -0.15) is 5.10 Å². The van der Waals surface area contributed by atoms with Crippen LogP contribution in [0.15, 0.2) is 6.33 Å². The Hall–Kier alpha value is -0.900. The van der Waals surface area contributed by atoms with Crippen molar-refractivity contribution >= 4 is 0 Å². The van der Waals surface area contributed by atoms with Crippen LogP contribution in [0.4, 0.5) is 0 Å². The summed E-state index contributed by atoms with van der Waals surface area (Å²) in [6.07, 6.45) is 2.53. The van der Waals surface area contributed by atoms with Crippen molar-refractivity contribution in [1.82, 2.24) is 14.8 Å². The van der Waals surface area contributed by atoms with E-state index < -0.39 is 0 Å². The maximum Gasteiger partial charge on any atom is 0.138 e. The van der Waals surface area contributed by atoms with E-state index >= 15 is 0 Å². The molecule has 0 radical (unpaired) electrons. The third kappa shape index (κ3) is 2.04. The van der Waals surface area contributed by atoms with Crippen LogP contribution in [-0.4, -0.2) is 20.8 Å². The van der Waals surface area contributed by atoms with Crippen LogP contribution < -0.4 is 5.73 Å². The Labute approximate surface area is 72.8 Å². The predicted octanol–water partition coefficient (Wildman–Crippen LogP) is 0.656. The number of nitrogens with two attached hydrogens (primary N) is 1. The summed E-state index contributed by atoms with van der Waals surface area (Å²) in [5, 5.41) is 4.01. The van der Waals surface area contributed by atoms with E-state index in [0.717, 1.165) is 12.2 Å². The van der Waals surface area contributed by atoms with Crippen molar-refractivity contribution < 1.29 is 0 Å². The molecule has 0 aliphatic heterocycles. The Bertz CT molecular complexity index is 241. The average molecular weight is 168 g/mol. The summed E-state index contributed by atoms with van der Waals surface area (Å²) in [4.78, 5) is 4.17. The second-order valence-electron chi connectivity index (χ2n) is 3.36. The number of hydrogen-bond donors (Lipinski definition) is 1. The zero-order chi connectivity index (χ0) is 9.14. The molecular weight excluding hydrogens is 152 g/mol. The maximum atomic E-state index is 5.69. The van der Waals surface area contributed by atoms with Crippen molar-refractivity contribution in [3.8, 4) is 0 Å². The van der Waals surface area contributed by atoms with E-state index in [1.54, 1.807) is 11.0 Å². The van der Waals surface area contributed by atoms with Gasteiger partial charge in [0.2, 0.25) is 0 Å². The summed E-state index contributed by atoms with van der Waals surface area (Å²) in [5.74, 6) is 1.39. The van der Waals surface area contributed by atoms with Gasteiger partial charge >= 0.3 is 0 Å².